The van der Waals surface area contributed by atoms with Crippen molar-refractivity contribution in [3.8, 4) is 5.75 Å². The second-order valence-corrected chi connectivity index (χ2v) is 10.2. The van der Waals surface area contributed by atoms with Crippen molar-refractivity contribution in [3.63, 3.8) is 0 Å². The number of likely N-dealkylation sites (tertiary alicyclic amines) is 1. The molecule has 1 aromatic rings. The Morgan fingerprint density at radius 1 is 1.28 bits per heavy atom. The molecule has 0 saturated carbocycles. The number of methoxy groups -OCH3 is 1. The molecule has 1 fully saturated rings. The lowest BCUT2D eigenvalue weighted by Gasteiger charge is -2.36. The van der Waals surface area contributed by atoms with Crippen LogP contribution in [0.15, 0.2) is 39.4 Å². The molecule has 8 nitrogen and oxygen atoms in total. The average molecular weight is 564 g/mol. The van der Waals surface area contributed by atoms with Crippen molar-refractivity contribution in [2.75, 3.05) is 13.7 Å². The third-order valence-electron chi connectivity index (χ3n) is 7.19. The van der Waals surface area contributed by atoms with Gasteiger partial charge in [-0.1, -0.05) is 53.4 Å². The normalized spacial score (nSPS) is 23.2. The molecule has 1 saturated heterocycles. The van der Waals surface area contributed by atoms with E-state index in [1.165, 1.54) is 0 Å². The van der Waals surface area contributed by atoms with Gasteiger partial charge >= 0.3 is 6.09 Å². The number of hydrogen-bond donors (Lipinski definition) is 3. The molecule has 9 heteroatoms. The minimum atomic E-state index is -1.02. The van der Waals surface area contributed by atoms with Gasteiger partial charge in [0.15, 0.2) is 0 Å². The van der Waals surface area contributed by atoms with Crippen molar-refractivity contribution < 1.29 is 34.4 Å². The van der Waals surface area contributed by atoms with Gasteiger partial charge < -0.3 is 20.1 Å². The average Bonchev–Trinajstić information content (AvgIpc) is 3.11. The highest BCUT2D eigenvalue weighted by molar-refractivity contribution is 9.10. The summed E-state index contributed by atoms with van der Waals surface area (Å²) in [5.41, 5.74) is 3.17. The zero-order chi connectivity index (χ0) is 26.6. The zero-order valence-electron chi connectivity index (χ0n) is 20.9. The van der Waals surface area contributed by atoms with Crippen molar-refractivity contribution in [2.45, 2.75) is 58.5 Å². The summed E-state index contributed by atoms with van der Waals surface area (Å²) < 4.78 is 5.48. The fourth-order valence-corrected chi connectivity index (χ4v) is 5.84. The van der Waals surface area contributed by atoms with E-state index in [1.807, 2.05) is 26.0 Å². The van der Waals surface area contributed by atoms with Crippen LogP contribution in [-0.4, -0.2) is 57.9 Å². The fraction of sp³-hybridized carbons (Fsp3) is 0.519. The molecule has 0 aromatic heterocycles. The smallest absolute Gasteiger partial charge is 0.423 e. The summed E-state index contributed by atoms with van der Waals surface area (Å²) in [4.78, 5) is 38.7. The number of ether oxygens (including phenoxy) is 1. The molecule has 0 bridgehead atoms. The predicted octanol–water partition coefficient (Wildman–Crippen LogP) is 4.57. The number of carbonyl (C=O) groups is 3. The Hall–Kier alpha value is -2.49. The van der Waals surface area contributed by atoms with E-state index >= 15 is 0 Å². The molecule has 2 aliphatic rings. The van der Waals surface area contributed by atoms with E-state index in [-0.39, 0.29) is 12.2 Å². The quantitative estimate of drug-likeness (QED) is 0.297. The largest absolute Gasteiger partial charge is 0.507 e. The Balaban J connectivity index is 1.88. The molecule has 0 radical (unpaired) electrons. The molecular formula is C27H34BrNO7. The molecule has 1 aliphatic heterocycles. The Morgan fingerprint density at radius 2 is 2.00 bits per heavy atom. The van der Waals surface area contributed by atoms with Gasteiger partial charge in [-0.2, -0.15) is 4.90 Å². The van der Waals surface area contributed by atoms with Crippen molar-refractivity contribution >= 4 is 39.9 Å². The first-order valence-corrected chi connectivity index (χ1v) is 13.1. The number of benzene rings is 1. The summed E-state index contributed by atoms with van der Waals surface area (Å²) in [5, 5.41) is 31.8. The van der Waals surface area contributed by atoms with Gasteiger partial charge in [0.1, 0.15) is 5.75 Å². The molecule has 1 aliphatic carbocycles. The lowest BCUT2D eigenvalue weighted by Crippen LogP contribution is -2.40. The van der Waals surface area contributed by atoms with Crippen molar-refractivity contribution in [2.24, 2.45) is 17.8 Å². The second-order valence-electron chi connectivity index (χ2n) is 9.33. The molecular weight excluding hydrogens is 530 g/mol. The Kier molecular flexibility index (Phi) is 9.49. The third kappa shape index (κ3) is 5.58. The van der Waals surface area contributed by atoms with Gasteiger partial charge in [0.25, 0.3) is 0 Å². The van der Waals surface area contributed by atoms with Gasteiger partial charge in [-0.25, -0.2) is 4.79 Å². The van der Waals surface area contributed by atoms with Gasteiger partial charge in [0, 0.05) is 16.0 Å². The summed E-state index contributed by atoms with van der Waals surface area (Å²) >= 11 is 3.41. The van der Waals surface area contributed by atoms with Crippen molar-refractivity contribution in [3.05, 3.63) is 45.0 Å². The Morgan fingerprint density at radius 3 is 2.61 bits per heavy atom. The SMILES string of the molecule is CCCC1=C([C@H](O)CC/C(=C/c2cc(Br)ccc2O)CC)[C@H](CO)[C@@H]2C(=O)N(C(=O)OC)C(=O)[C@@H]2C1. The topological polar surface area (TPSA) is 124 Å². The molecule has 0 unspecified atom stereocenters. The van der Waals surface area contributed by atoms with Crippen LogP contribution in [0, 0.1) is 17.8 Å². The third-order valence-corrected chi connectivity index (χ3v) is 7.68. The summed E-state index contributed by atoms with van der Waals surface area (Å²) in [6, 6.07) is 5.19. The van der Waals surface area contributed by atoms with Gasteiger partial charge in [0.2, 0.25) is 11.8 Å². The summed E-state index contributed by atoms with van der Waals surface area (Å²) in [7, 11) is 1.11. The van der Waals surface area contributed by atoms with Crippen LogP contribution in [0.4, 0.5) is 4.79 Å². The number of fused-ring (bicyclic) bond motifs is 1. The first-order chi connectivity index (χ1) is 17.2. The molecule has 0 spiro atoms. The minimum absolute atomic E-state index is 0.163. The zero-order valence-corrected chi connectivity index (χ0v) is 22.5. The number of phenolic OH excluding ortho intramolecular Hbond substituents is 1. The summed E-state index contributed by atoms with van der Waals surface area (Å²) in [5.74, 6) is -3.55. The number of carbonyl (C=O) groups excluding carboxylic acids is 3. The lowest BCUT2D eigenvalue weighted by atomic mass is 9.67. The number of allylic oxidation sites excluding steroid dienone is 2. The maximum absolute atomic E-state index is 13.1. The van der Waals surface area contributed by atoms with Crippen LogP contribution < -0.4 is 0 Å². The molecule has 3 N–H and O–H groups in total. The van der Waals surface area contributed by atoms with Crippen molar-refractivity contribution in [1.29, 1.82) is 0 Å². The number of halogens is 1. The van der Waals surface area contributed by atoms with E-state index < -0.39 is 48.4 Å². The molecule has 196 valence electrons. The number of aliphatic hydroxyl groups excluding tert-OH is 2. The van der Waals surface area contributed by atoms with E-state index in [1.54, 1.807) is 12.1 Å². The Labute approximate surface area is 219 Å². The van der Waals surface area contributed by atoms with Crippen LogP contribution in [-0.2, 0) is 14.3 Å². The van der Waals surface area contributed by atoms with Gasteiger partial charge in [-0.05, 0) is 55.9 Å². The van der Waals surface area contributed by atoms with E-state index in [9.17, 15) is 29.7 Å². The van der Waals surface area contributed by atoms with Crippen molar-refractivity contribution in [1.82, 2.24) is 4.90 Å². The predicted molar refractivity (Wildman–Crippen MR) is 138 cm³/mol. The number of amides is 3. The number of imide groups is 3. The maximum atomic E-state index is 13.1. The highest BCUT2D eigenvalue weighted by atomic mass is 79.9. The highest BCUT2D eigenvalue weighted by Crippen LogP contribution is 2.47. The van der Waals surface area contributed by atoms with E-state index in [0.29, 0.717) is 35.3 Å². The van der Waals surface area contributed by atoms with Crippen LogP contribution in [0.3, 0.4) is 0 Å². The number of aliphatic hydroxyl groups is 2. The fourth-order valence-electron chi connectivity index (χ4n) is 5.46. The number of nitrogens with zero attached hydrogens (tertiary/aromatic N) is 1. The van der Waals surface area contributed by atoms with Crippen LogP contribution in [0.1, 0.15) is 57.9 Å². The van der Waals surface area contributed by atoms with E-state index in [2.05, 4.69) is 20.7 Å². The summed E-state index contributed by atoms with van der Waals surface area (Å²) in [6.45, 7) is 3.57. The number of hydrogen-bond acceptors (Lipinski definition) is 7. The van der Waals surface area contributed by atoms with Crippen LogP contribution in [0.5, 0.6) is 5.75 Å². The molecule has 3 amide bonds. The first kappa shape index (κ1) is 28.1. The van der Waals surface area contributed by atoms with Gasteiger partial charge in [-0.15, -0.1) is 0 Å². The molecule has 4 atom stereocenters. The van der Waals surface area contributed by atoms with Crippen LogP contribution in [0.2, 0.25) is 0 Å². The molecule has 1 heterocycles. The standard InChI is InChI=1S/C27H34BrNO7/c1-4-6-16-13-19-24(26(34)29(25(19)33)27(35)36-3)20(14-30)23(16)22(32)9-7-15(5-2)11-17-12-18(28)8-10-21(17)31/h8,10-12,19-20,22,24,30-32H,4-7,9,13-14H2,1-3H3/b15-11+/t19-,20+,22-,24-/m1/s1. The second kappa shape index (κ2) is 12.2. The monoisotopic (exact) mass is 563 g/mol. The number of phenols is 1. The highest BCUT2D eigenvalue weighted by Gasteiger charge is 2.57. The first-order valence-electron chi connectivity index (χ1n) is 12.3. The van der Waals surface area contributed by atoms with E-state index in [0.717, 1.165) is 35.6 Å². The van der Waals surface area contributed by atoms with Gasteiger partial charge in [0.05, 0.1) is 31.7 Å². The maximum Gasteiger partial charge on any atom is 0.423 e. The minimum Gasteiger partial charge on any atom is -0.507 e. The van der Waals surface area contributed by atoms with E-state index in [4.69, 9.17) is 0 Å². The number of rotatable bonds is 9. The molecule has 36 heavy (non-hydrogen) atoms. The molecule has 3 rings (SSSR count). The number of aromatic hydroxyl groups is 1. The lowest BCUT2D eigenvalue weighted by molar-refractivity contribution is -0.137. The van der Waals surface area contributed by atoms with Gasteiger partial charge in [-0.3, -0.25) is 9.59 Å². The van der Waals surface area contributed by atoms with Crippen LogP contribution >= 0.6 is 15.9 Å². The Bertz CT molecular complexity index is 1080. The van der Waals surface area contributed by atoms with Crippen LogP contribution in [0.25, 0.3) is 6.08 Å². The molecule has 1 aromatic carbocycles. The summed E-state index contributed by atoms with van der Waals surface area (Å²) in [6.07, 6.45) is 3.22.